The molecule has 0 bridgehead atoms. The average Bonchev–Trinajstić information content (AvgIpc) is 2.38. The van der Waals surface area contributed by atoms with E-state index < -0.39 is 0 Å². The molecule has 0 aromatic heterocycles. The Hall–Kier alpha value is -1.51. The molecule has 3 heteroatoms. The van der Waals surface area contributed by atoms with Gasteiger partial charge in [0.15, 0.2) is 0 Å². The van der Waals surface area contributed by atoms with Crippen LogP contribution < -0.4 is 5.32 Å². The molecule has 0 spiro atoms. The van der Waals surface area contributed by atoms with Gasteiger partial charge in [0.05, 0.1) is 0 Å². The van der Waals surface area contributed by atoms with Crippen LogP contribution in [-0.4, -0.2) is 29.4 Å². The van der Waals surface area contributed by atoms with Gasteiger partial charge in [0, 0.05) is 29.9 Å². The van der Waals surface area contributed by atoms with Crippen LogP contribution in [0.5, 0.6) is 0 Å². The van der Waals surface area contributed by atoms with Gasteiger partial charge >= 0.3 is 0 Å². The molecule has 1 N–H and O–H groups in total. The molecule has 1 heterocycles. The Morgan fingerprint density at radius 2 is 1.95 bits per heavy atom. The average molecular weight is 274 g/mol. The normalized spacial score (nSPS) is 22.7. The topological polar surface area (TPSA) is 32.3 Å². The van der Waals surface area contributed by atoms with Crippen LogP contribution in [0, 0.1) is 6.92 Å². The third kappa shape index (κ3) is 2.97. The Morgan fingerprint density at radius 3 is 2.50 bits per heavy atom. The fraction of sp³-hybridized carbons (Fsp3) is 0.588. The third-order valence-electron chi connectivity index (χ3n) is 4.27. The second kappa shape index (κ2) is 6.29. The summed E-state index contributed by atoms with van der Waals surface area (Å²) in [7, 11) is 0. The van der Waals surface area contributed by atoms with Gasteiger partial charge in [-0.2, -0.15) is 0 Å². The SMILES string of the molecule is CCNc1ccc(C(=O)N2C(C)CCCC2C)c(C)c1. The summed E-state index contributed by atoms with van der Waals surface area (Å²) in [6.07, 6.45) is 3.46. The van der Waals surface area contributed by atoms with E-state index in [9.17, 15) is 4.79 Å². The lowest BCUT2D eigenvalue weighted by Gasteiger charge is -2.39. The molecule has 0 radical (unpaired) electrons. The largest absolute Gasteiger partial charge is 0.385 e. The fourth-order valence-electron chi connectivity index (χ4n) is 3.18. The molecule has 1 fully saturated rings. The molecule has 2 atom stereocenters. The minimum atomic E-state index is 0.185. The quantitative estimate of drug-likeness (QED) is 0.908. The Bertz CT molecular complexity index is 474. The maximum absolute atomic E-state index is 12.8. The summed E-state index contributed by atoms with van der Waals surface area (Å²) in [5, 5.41) is 3.29. The van der Waals surface area contributed by atoms with Crippen molar-refractivity contribution in [3.63, 3.8) is 0 Å². The molecule has 20 heavy (non-hydrogen) atoms. The minimum Gasteiger partial charge on any atom is -0.385 e. The Morgan fingerprint density at radius 1 is 1.30 bits per heavy atom. The molecule has 3 nitrogen and oxygen atoms in total. The number of hydrogen-bond donors (Lipinski definition) is 1. The molecule has 1 aromatic rings. The highest BCUT2D eigenvalue weighted by atomic mass is 16.2. The molecule has 110 valence electrons. The summed E-state index contributed by atoms with van der Waals surface area (Å²) in [4.78, 5) is 14.9. The first-order valence-corrected chi connectivity index (χ1v) is 7.71. The maximum atomic E-state index is 12.8. The number of carbonyl (C=O) groups excluding carboxylic acids is 1. The summed E-state index contributed by atoms with van der Waals surface area (Å²) in [6.45, 7) is 9.32. The number of anilines is 1. The zero-order valence-corrected chi connectivity index (χ0v) is 13.1. The fourth-order valence-corrected chi connectivity index (χ4v) is 3.18. The second-order valence-corrected chi connectivity index (χ2v) is 5.90. The number of aryl methyl sites for hydroxylation is 1. The van der Waals surface area contributed by atoms with Crippen LogP contribution in [0.4, 0.5) is 5.69 Å². The van der Waals surface area contributed by atoms with Gasteiger partial charge in [0.25, 0.3) is 5.91 Å². The molecule has 1 saturated heterocycles. The number of hydrogen-bond acceptors (Lipinski definition) is 2. The van der Waals surface area contributed by atoms with Crippen molar-refractivity contribution in [1.82, 2.24) is 4.90 Å². The lowest BCUT2D eigenvalue weighted by atomic mass is 9.95. The van der Waals surface area contributed by atoms with Gasteiger partial charge in [-0.3, -0.25) is 4.79 Å². The van der Waals surface area contributed by atoms with E-state index in [0.717, 1.165) is 36.2 Å². The second-order valence-electron chi connectivity index (χ2n) is 5.90. The number of carbonyl (C=O) groups is 1. The number of amides is 1. The first-order valence-electron chi connectivity index (χ1n) is 7.71. The molecule has 1 aliphatic rings. The Labute approximate surface area is 122 Å². The van der Waals surface area contributed by atoms with Crippen molar-refractivity contribution >= 4 is 11.6 Å². The third-order valence-corrected chi connectivity index (χ3v) is 4.27. The van der Waals surface area contributed by atoms with E-state index in [1.165, 1.54) is 6.42 Å². The highest BCUT2D eigenvalue weighted by Gasteiger charge is 2.30. The number of piperidine rings is 1. The van der Waals surface area contributed by atoms with Gasteiger partial charge in [-0.05, 0) is 70.7 Å². The lowest BCUT2D eigenvalue weighted by molar-refractivity contribution is 0.0510. The van der Waals surface area contributed by atoms with Gasteiger partial charge in [0.1, 0.15) is 0 Å². The summed E-state index contributed by atoms with van der Waals surface area (Å²) in [5.41, 5.74) is 2.98. The molecule has 1 amide bonds. The summed E-state index contributed by atoms with van der Waals surface area (Å²) in [6, 6.07) is 6.72. The van der Waals surface area contributed by atoms with Crippen molar-refractivity contribution in [3.8, 4) is 0 Å². The van der Waals surface area contributed by atoms with E-state index in [2.05, 4.69) is 37.1 Å². The summed E-state index contributed by atoms with van der Waals surface area (Å²) < 4.78 is 0. The molecule has 0 saturated carbocycles. The van der Waals surface area contributed by atoms with Crippen LogP contribution in [0.3, 0.4) is 0 Å². The monoisotopic (exact) mass is 274 g/mol. The Balaban J connectivity index is 2.24. The molecule has 2 rings (SSSR count). The zero-order chi connectivity index (χ0) is 14.7. The molecule has 1 aliphatic heterocycles. The first kappa shape index (κ1) is 14.9. The molecule has 0 aliphatic carbocycles. The zero-order valence-electron chi connectivity index (χ0n) is 13.1. The number of nitrogens with zero attached hydrogens (tertiary/aromatic N) is 1. The van der Waals surface area contributed by atoms with Gasteiger partial charge in [-0.15, -0.1) is 0 Å². The molecular weight excluding hydrogens is 248 g/mol. The van der Waals surface area contributed by atoms with Gasteiger partial charge < -0.3 is 10.2 Å². The maximum Gasteiger partial charge on any atom is 0.254 e. The van der Waals surface area contributed by atoms with Gasteiger partial charge in [-0.1, -0.05) is 0 Å². The smallest absolute Gasteiger partial charge is 0.254 e. The van der Waals surface area contributed by atoms with Crippen LogP contribution in [0.15, 0.2) is 18.2 Å². The van der Waals surface area contributed by atoms with Crippen molar-refractivity contribution in [3.05, 3.63) is 29.3 Å². The number of likely N-dealkylation sites (tertiary alicyclic amines) is 1. The summed E-state index contributed by atoms with van der Waals surface area (Å²) >= 11 is 0. The van der Waals surface area contributed by atoms with E-state index in [0.29, 0.717) is 12.1 Å². The van der Waals surface area contributed by atoms with Crippen molar-refractivity contribution in [1.29, 1.82) is 0 Å². The Kier molecular flexibility index (Phi) is 4.69. The number of nitrogens with one attached hydrogen (secondary N) is 1. The van der Waals surface area contributed by atoms with Crippen LogP contribution >= 0.6 is 0 Å². The van der Waals surface area contributed by atoms with Crippen LogP contribution in [0.25, 0.3) is 0 Å². The van der Waals surface area contributed by atoms with Gasteiger partial charge in [0.2, 0.25) is 0 Å². The van der Waals surface area contributed by atoms with E-state index in [1.54, 1.807) is 0 Å². The van der Waals surface area contributed by atoms with E-state index in [4.69, 9.17) is 0 Å². The molecule has 1 aromatic carbocycles. The first-order chi connectivity index (χ1) is 9.54. The van der Waals surface area contributed by atoms with Crippen LogP contribution in [0.2, 0.25) is 0 Å². The van der Waals surface area contributed by atoms with Crippen molar-refractivity contribution in [2.75, 3.05) is 11.9 Å². The van der Waals surface area contributed by atoms with E-state index in [1.807, 2.05) is 19.1 Å². The summed E-state index contributed by atoms with van der Waals surface area (Å²) in [5.74, 6) is 0.185. The standard InChI is InChI=1S/C17H26N2O/c1-5-18-15-9-10-16(12(2)11-15)17(20)19-13(3)7-6-8-14(19)4/h9-11,13-14,18H,5-8H2,1-4H3. The minimum absolute atomic E-state index is 0.185. The van der Waals surface area contributed by atoms with Crippen LogP contribution in [0.1, 0.15) is 56.0 Å². The van der Waals surface area contributed by atoms with Crippen molar-refractivity contribution < 1.29 is 4.79 Å². The molecular formula is C17H26N2O. The highest BCUT2D eigenvalue weighted by Crippen LogP contribution is 2.26. The van der Waals surface area contributed by atoms with E-state index in [-0.39, 0.29) is 5.91 Å². The van der Waals surface area contributed by atoms with Crippen LogP contribution in [-0.2, 0) is 0 Å². The van der Waals surface area contributed by atoms with Crippen molar-refractivity contribution in [2.24, 2.45) is 0 Å². The lowest BCUT2D eigenvalue weighted by Crippen LogP contribution is -2.47. The number of benzene rings is 1. The highest BCUT2D eigenvalue weighted by molar-refractivity contribution is 5.96. The predicted octanol–water partition coefficient (Wildman–Crippen LogP) is 3.83. The molecule has 2 unspecified atom stereocenters. The predicted molar refractivity (Wildman–Crippen MR) is 84.3 cm³/mol. The van der Waals surface area contributed by atoms with Crippen molar-refractivity contribution in [2.45, 2.75) is 59.0 Å². The number of rotatable bonds is 3. The van der Waals surface area contributed by atoms with Gasteiger partial charge in [-0.25, -0.2) is 0 Å². The van der Waals surface area contributed by atoms with E-state index >= 15 is 0 Å².